The van der Waals surface area contributed by atoms with Crippen LogP contribution in [-0.2, 0) is 0 Å². The van der Waals surface area contributed by atoms with Crippen molar-refractivity contribution < 1.29 is 4.39 Å². The van der Waals surface area contributed by atoms with Crippen LogP contribution >= 0.6 is 0 Å². The molecule has 1 aromatic rings. The highest BCUT2D eigenvalue weighted by Crippen LogP contribution is 2.17. The third-order valence-electron chi connectivity index (χ3n) is 3.13. The average Bonchev–Trinajstić information content (AvgIpc) is 2.36. The third kappa shape index (κ3) is 5.15. The molecule has 0 radical (unpaired) electrons. The van der Waals surface area contributed by atoms with Crippen LogP contribution in [0.25, 0.3) is 0 Å². The van der Waals surface area contributed by atoms with Gasteiger partial charge in [0.2, 0.25) is 0 Å². The average molecular weight is 252 g/mol. The van der Waals surface area contributed by atoms with Gasteiger partial charge in [0.25, 0.3) is 0 Å². The number of hydrogen-bond acceptors (Lipinski definition) is 2. The van der Waals surface area contributed by atoms with Gasteiger partial charge in [0, 0.05) is 6.04 Å². The summed E-state index contributed by atoms with van der Waals surface area (Å²) < 4.78 is 12.9. The van der Waals surface area contributed by atoms with E-state index in [2.05, 4.69) is 31.1 Å². The second-order valence-electron chi connectivity index (χ2n) is 4.75. The Hall–Kier alpha value is -0.930. The second kappa shape index (κ2) is 8.22. The lowest BCUT2D eigenvalue weighted by Gasteiger charge is -2.22. The molecule has 18 heavy (non-hydrogen) atoms. The van der Waals surface area contributed by atoms with Gasteiger partial charge in [-0.05, 0) is 57.2 Å². The van der Waals surface area contributed by atoms with E-state index in [0.717, 1.165) is 26.1 Å². The quantitative estimate of drug-likeness (QED) is 0.764. The maximum Gasteiger partial charge on any atom is 0.123 e. The fraction of sp³-hybridized carbons (Fsp3) is 0.600. The first-order chi connectivity index (χ1) is 8.67. The van der Waals surface area contributed by atoms with Crippen molar-refractivity contribution in [3.05, 3.63) is 35.6 Å². The molecule has 1 unspecified atom stereocenters. The van der Waals surface area contributed by atoms with E-state index in [1.807, 2.05) is 12.1 Å². The second-order valence-corrected chi connectivity index (χ2v) is 4.75. The first kappa shape index (κ1) is 15.1. The van der Waals surface area contributed by atoms with Gasteiger partial charge in [0.1, 0.15) is 5.82 Å². The van der Waals surface area contributed by atoms with Gasteiger partial charge in [-0.2, -0.15) is 0 Å². The highest BCUT2D eigenvalue weighted by molar-refractivity contribution is 5.19. The summed E-state index contributed by atoms with van der Waals surface area (Å²) in [6.45, 7) is 7.41. The molecule has 0 heterocycles. The zero-order valence-electron chi connectivity index (χ0n) is 11.7. The Labute approximate surface area is 110 Å². The van der Waals surface area contributed by atoms with Crippen LogP contribution in [0.3, 0.4) is 0 Å². The lowest BCUT2D eigenvalue weighted by molar-refractivity contribution is 0.309. The predicted molar refractivity (Wildman–Crippen MR) is 75.2 cm³/mol. The predicted octanol–water partition coefficient (Wildman–Crippen LogP) is 3.21. The van der Waals surface area contributed by atoms with Crippen molar-refractivity contribution in [1.29, 1.82) is 0 Å². The van der Waals surface area contributed by atoms with Crippen LogP contribution in [0.15, 0.2) is 24.3 Å². The van der Waals surface area contributed by atoms with Crippen molar-refractivity contribution in [3.63, 3.8) is 0 Å². The molecule has 0 fully saturated rings. The molecule has 2 nitrogen and oxygen atoms in total. The minimum absolute atomic E-state index is 0.169. The Kier molecular flexibility index (Phi) is 6.91. The number of halogens is 1. The Morgan fingerprint density at radius 1 is 1.17 bits per heavy atom. The van der Waals surface area contributed by atoms with E-state index in [1.54, 1.807) is 0 Å². The highest BCUT2D eigenvalue weighted by Gasteiger charge is 2.11. The first-order valence-electron chi connectivity index (χ1n) is 6.84. The summed E-state index contributed by atoms with van der Waals surface area (Å²) >= 11 is 0. The van der Waals surface area contributed by atoms with Crippen LogP contribution in [0.4, 0.5) is 4.39 Å². The zero-order valence-corrected chi connectivity index (χ0v) is 11.7. The van der Waals surface area contributed by atoms with Gasteiger partial charge in [0.05, 0.1) is 0 Å². The Bertz CT molecular complexity index is 324. The van der Waals surface area contributed by atoms with Crippen LogP contribution < -0.4 is 5.32 Å². The fourth-order valence-electron chi connectivity index (χ4n) is 2.17. The fourth-order valence-corrected chi connectivity index (χ4v) is 2.17. The van der Waals surface area contributed by atoms with Crippen molar-refractivity contribution in [1.82, 2.24) is 10.2 Å². The van der Waals surface area contributed by atoms with Crippen LogP contribution in [0.1, 0.15) is 38.3 Å². The van der Waals surface area contributed by atoms with E-state index in [1.165, 1.54) is 24.1 Å². The summed E-state index contributed by atoms with van der Waals surface area (Å²) in [6, 6.07) is 7.14. The van der Waals surface area contributed by atoms with Crippen molar-refractivity contribution >= 4 is 0 Å². The lowest BCUT2D eigenvalue weighted by Crippen LogP contribution is -2.27. The van der Waals surface area contributed by atoms with Gasteiger partial charge in [-0.15, -0.1) is 0 Å². The molecule has 0 aliphatic carbocycles. The molecule has 0 aliphatic heterocycles. The molecular formula is C15H25FN2. The molecule has 0 aliphatic rings. The van der Waals surface area contributed by atoms with Crippen molar-refractivity contribution in [3.8, 4) is 0 Å². The molecule has 1 aromatic carbocycles. The van der Waals surface area contributed by atoms with E-state index in [-0.39, 0.29) is 5.82 Å². The Balaban J connectivity index is 2.56. The van der Waals surface area contributed by atoms with E-state index in [4.69, 9.17) is 0 Å². The van der Waals surface area contributed by atoms with Crippen LogP contribution in [0, 0.1) is 5.82 Å². The van der Waals surface area contributed by atoms with Crippen LogP contribution in [0.2, 0.25) is 0 Å². The number of hydrogen-bond donors (Lipinski definition) is 1. The van der Waals surface area contributed by atoms with Crippen LogP contribution in [-0.4, -0.2) is 31.6 Å². The van der Waals surface area contributed by atoms with Gasteiger partial charge in [-0.1, -0.05) is 26.0 Å². The smallest absolute Gasteiger partial charge is 0.123 e. The molecule has 0 saturated carbocycles. The maximum atomic E-state index is 12.9. The number of nitrogens with zero attached hydrogens (tertiary/aromatic N) is 1. The summed E-state index contributed by atoms with van der Waals surface area (Å²) in [6.07, 6.45) is 2.23. The largest absolute Gasteiger partial charge is 0.310 e. The van der Waals surface area contributed by atoms with E-state index >= 15 is 0 Å². The number of nitrogens with one attached hydrogen (secondary N) is 1. The standard InChI is InChI=1S/C15H25FN2/c1-4-11-18(3)12-10-15(17-5-2)13-6-8-14(16)9-7-13/h6-9,15,17H,4-5,10-12H2,1-3H3. The monoisotopic (exact) mass is 252 g/mol. The molecule has 0 bridgehead atoms. The molecule has 0 aromatic heterocycles. The van der Waals surface area contributed by atoms with E-state index in [9.17, 15) is 4.39 Å². The number of rotatable bonds is 8. The minimum atomic E-state index is -0.169. The SMILES string of the molecule is CCCN(C)CCC(NCC)c1ccc(F)cc1. The first-order valence-corrected chi connectivity index (χ1v) is 6.84. The summed E-state index contributed by atoms with van der Waals surface area (Å²) in [7, 11) is 2.15. The van der Waals surface area contributed by atoms with Gasteiger partial charge < -0.3 is 10.2 Å². The van der Waals surface area contributed by atoms with Crippen molar-refractivity contribution in [2.75, 3.05) is 26.7 Å². The Morgan fingerprint density at radius 2 is 1.83 bits per heavy atom. The molecule has 0 spiro atoms. The van der Waals surface area contributed by atoms with Gasteiger partial charge in [0.15, 0.2) is 0 Å². The summed E-state index contributed by atoms with van der Waals surface area (Å²) in [5.41, 5.74) is 1.17. The highest BCUT2D eigenvalue weighted by atomic mass is 19.1. The molecular weight excluding hydrogens is 227 g/mol. The van der Waals surface area contributed by atoms with E-state index < -0.39 is 0 Å². The molecule has 1 N–H and O–H groups in total. The summed E-state index contributed by atoms with van der Waals surface area (Å²) in [4.78, 5) is 2.34. The molecule has 1 atom stereocenters. The van der Waals surface area contributed by atoms with Crippen molar-refractivity contribution in [2.24, 2.45) is 0 Å². The summed E-state index contributed by atoms with van der Waals surface area (Å²) in [5, 5.41) is 3.47. The topological polar surface area (TPSA) is 15.3 Å². The van der Waals surface area contributed by atoms with Gasteiger partial charge in [-0.3, -0.25) is 0 Å². The molecule has 3 heteroatoms. The van der Waals surface area contributed by atoms with Gasteiger partial charge >= 0.3 is 0 Å². The molecule has 1 rings (SSSR count). The van der Waals surface area contributed by atoms with E-state index in [0.29, 0.717) is 6.04 Å². The third-order valence-corrected chi connectivity index (χ3v) is 3.13. The maximum absolute atomic E-state index is 12.9. The van der Waals surface area contributed by atoms with Crippen LogP contribution in [0.5, 0.6) is 0 Å². The lowest BCUT2D eigenvalue weighted by atomic mass is 10.0. The molecule has 102 valence electrons. The number of benzene rings is 1. The molecule has 0 saturated heterocycles. The summed E-state index contributed by atoms with van der Waals surface area (Å²) in [5.74, 6) is -0.169. The zero-order chi connectivity index (χ0) is 13.4. The Morgan fingerprint density at radius 3 is 2.39 bits per heavy atom. The van der Waals surface area contributed by atoms with Crippen molar-refractivity contribution in [2.45, 2.75) is 32.7 Å². The molecule has 0 amide bonds. The van der Waals surface area contributed by atoms with Gasteiger partial charge in [-0.25, -0.2) is 4.39 Å². The normalized spacial score (nSPS) is 12.9. The minimum Gasteiger partial charge on any atom is -0.310 e.